The van der Waals surface area contributed by atoms with Crippen molar-refractivity contribution in [3.05, 3.63) is 0 Å². The first kappa shape index (κ1) is 13.1. The molecular formula is C15H23NO3. The van der Waals surface area contributed by atoms with Crippen LogP contribution in [-0.4, -0.2) is 34.0 Å². The first-order valence-electron chi connectivity index (χ1n) is 7.68. The van der Waals surface area contributed by atoms with Crippen molar-refractivity contribution in [3.8, 4) is 0 Å². The highest BCUT2D eigenvalue weighted by Crippen LogP contribution is 2.45. The molecule has 2 amide bonds. The van der Waals surface area contributed by atoms with Gasteiger partial charge in [-0.05, 0) is 31.6 Å². The lowest BCUT2D eigenvalue weighted by Crippen LogP contribution is -2.49. The molecule has 3 rings (SSSR count). The molecule has 0 spiro atoms. The highest BCUT2D eigenvalue weighted by molar-refractivity contribution is 6.05. The maximum atomic E-state index is 12.5. The predicted octanol–water partition coefficient (Wildman–Crippen LogP) is 1.71. The van der Waals surface area contributed by atoms with Crippen LogP contribution >= 0.6 is 0 Å². The fraction of sp³-hybridized carbons (Fsp3) is 0.867. The number of carbonyl (C=O) groups excluding carboxylic acids is 2. The molecule has 0 aromatic carbocycles. The minimum absolute atomic E-state index is 0.00287. The van der Waals surface area contributed by atoms with E-state index < -0.39 is 6.10 Å². The summed E-state index contributed by atoms with van der Waals surface area (Å²) in [6.07, 6.45) is 5.77. The molecule has 4 heteroatoms. The molecule has 4 unspecified atom stereocenters. The van der Waals surface area contributed by atoms with Gasteiger partial charge in [0.1, 0.15) is 0 Å². The third kappa shape index (κ3) is 2.00. The molecule has 0 aromatic heterocycles. The zero-order valence-corrected chi connectivity index (χ0v) is 11.5. The summed E-state index contributed by atoms with van der Waals surface area (Å²) in [5, 5.41) is 10.1. The van der Waals surface area contributed by atoms with Crippen molar-refractivity contribution in [3.63, 3.8) is 0 Å². The van der Waals surface area contributed by atoms with E-state index >= 15 is 0 Å². The van der Waals surface area contributed by atoms with Gasteiger partial charge in [-0.25, -0.2) is 0 Å². The van der Waals surface area contributed by atoms with Gasteiger partial charge < -0.3 is 5.11 Å². The fourth-order valence-electron chi connectivity index (χ4n) is 4.21. The SMILES string of the molecule is CCC1CC2C(=O)N(C3CCCCC3O)C(=O)C2C1. The van der Waals surface area contributed by atoms with Crippen molar-refractivity contribution in [2.45, 2.75) is 64.0 Å². The van der Waals surface area contributed by atoms with Crippen LogP contribution in [0.3, 0.4) is 0 Å². The Morgan fingerprint density at radius 3 is 2.21 bits per heavy atom. The first-order chi connectivity index (χ1) is 9.13. The molecule has 4 atom stereocenters. The highest BCUT2D eigenvalue weighted by atomic mass is 16.3. The van der Waals surface area contributed by atoms with E-state index in [1.807, 2.05) is 0 Å². The Bertz CT molecular complexity index is 371. The van der Waals surface area contributed by atoms with Crippen LogP contribution in [0.4, 0.5) is 0 Å². The molecule has 0 bridgehead atoms. The summed E-state index contributed by atoms with van der Waals surface area (Å²) < 4.78 is 0. The van der Waals surface area contributed by atoms with Gasteiger partial charge in [-0.1, -0.05) is 26.2 Å². The third-order valence-corrected chi connectivity index (χ3v) is 5.37. The molecule has 3 aliphatic rings. The molecule has 0 aromatic rings. The average molecular weight is 265 g/mol. The first-order valence-corrected chi connectivity index (χ1v) is 7.68. The third-order valence-electron chi connectivity index (χ3n) is 5.37. The standard InChI is InChI=1S/C15H23NO3/c1-2-9-7-10-11(8-9)15(19)16(14(10)18)12-5-3-4-6-13(12)17/h9-13,17H,2-8H2,1H3. The number of rotatable bonds is 2. The molecule has 1 heterocycles. The van der Waals surface area contributed by atoms with Crippen molar-refractivity contribution in [1.29, 1.82) is 0 Å². The Labute approximate surface area is 114 Å². The molecule has 19 heavy (non-hydrogen) atoms. The maximum absolute atomic E-state index is 12.5. The number of imide groups is 1. The van der Waals surface area contributed by atoms with E-state index in [0.717, 1.165) is 38.5 Å². The molecule has 2 aliphatic carbocycles. The Hall–Kier alpha value is -0.900. The Balaban J connectivity index is 1.78. The Morgan fingerprint density at radius 1 is 1.11 bits per heavy atom. The van der Waals surface area contributed by atoms with Gasteiger partial charge in [0.25, 0.3) is 0 Å². The number of hydrogen-bond donors (Lipinski definition) is 1. The van der Waals surface area contributed by atoms with Crippen LogP contribution in [0.2, 0.25) is 0 Å². The lowest BCUT2D eigenvalue weighted by atomic mass is 9.91. The number of likely N-dealkylation sites (tertiary alicyclic amines) is 1. The van der Waals surface area contributed by atoms with Gasteiger partial charge in [0.2, 0.25) is 11.8 Å². The summed E-state index contributed by atoms with van der Waals surface area (Å²) in [7, 11) is 0. The molecule has 3 fully saturated rings. The van der Waals surface area contributed by atoms with Crippen LogP contribution in [0.5, 0.6) is 0 Å². The zero-order valence-electron chi connectivity index (χ0n) is 11.5. The number of hydrogen-bond acceptors (Lipinski definition) is 3. The van der Waals surface area contributed by atoms with E-state index in [9.17, 15) is 14.7 Å². The molecular weight excluding hydrogens is 242 g/mol. The Morgan fingerprint density at radius 2 is 1.68 bits per heavy atom. The minimum atomic E-state index is -0.512. The molecule has 2 saturated carbocycles. The van der Waals surface area contributed by atoms with Crippen LogP contribution in [0.1, 0.15) is 51.9 Å². The molecule has 4 nitrogen and oxygen atoms in total. The number of amides is 2. The molecule has 106 valence electrons. The van der Waals surface area contributed by atoms with E-state index in [1.165, 1.54) is 4.90 Å². The van der Waals surface area contributed by atoms with E-state index in [2.05, 4.69) is 6.92 Å². The van der Waals surface area contributed by atoms with Crippen LogP contribution in [0.15, 0.2) is 0 Å². The number of nitrogens with zero attached hydrogens (tertiary/aromatic N) is 1. The number of aliphatic hydroxyl groups is 1. The van der Waals surface area contributed by atoms with Gasteiger partial charge in [0.05, 0.1) is 24.0 Å². The largest absolute Gasteiger partial charge is 0.391 e. The monoisotopic (exact) mass is 265 g/mol. The number of aliphatic hydroxyl groups excluding tert-OH is 1. The molecule has 1 saturated heterocycles. The van der Waals surface area contributed by atoms with Crippen molar-refractivity contribution >= 4 is 11.8 Å². The van der Waals surface area contributed by atoms with E-state index in [4.69, 9.17) is 0 Å². The molecule has 1 aliphatic heterocycles. The van der Waals surface area contributed by atoms with Gasteiger partial charge in [-0.3, -0.25) is 14.5 Å². The topological polar surface area (TPSA) is 57.6 Å². The van der Waals surface area contributed by atoms with E-state index in [-0.39, 0.29) is 29.7 Å². The normalized spacial score (nSPS) is 42.8. The van der Waals surface area contributed by atoms with Crippen LogP contribution in [0.25, 0.3) is 0 Å². The summed E-state index contributed by atoms with van der Waals surface area (Å²) in [5.41, 5.74) is 0. The highest BCUT2D eigenvalue weighted by Gasteiger charge is 2.54. The number of carbonyl (C=O) groups is 2. The second kappa shape index (κ2) is 4.89. The lowest BCUT2D eigenvalue weighted by molar-refractivity contribution is -0.147. The van der Waals surface area contributed by atoms with E-state index in [0.29, 0.717) is 12.3 Å². The van der Waals surface area contributed by atoms with Crippen molar-refractivity contribution in [2.24, 2.45) is 17.8 Å². The summed E-state index contributed by atoms with van der Waals surface area (Å²) in [5.74, 6) is 0.341. The van der Waals surface area contributed by atoms with Crippen LogP contribution in [0, 0.1) is 17.8 Å². The zero-order chi connectivity index (χ0) is 13.6. The maximum Gasteiger partial charge on any atom is 0.233 e. The average Bonchev–Trinajstić information content (AvgIpc) is 2.92. The van der Waals surface area contributed by atoms with Gasteiger partial charge in [-0.15, -0.1) is 0 Å². The second-order valence-corrected chi connectivity index (χ2v) is 6.42. The van der Waals surface area contributed by atoms with E-state index in [1.54, 1.807) is 0 Å². The van der Waals surface area contributed by atoms with Gasteiger partial charge in [0, 0.05) is 0 Å². The van der Waals surface area contributed by atoms with Crippen LogP contribution in [-0.2, 0) is 9.59 Å². The van der Waals surface area contributed by atoms with Crippen LogP contribution < -0.4 is 0 Å². The van der Waals surface area contributed by atoms with Gasteiger partial charge >= 0.3 is 0 Å². The molecule has 1 N–H and O–H groups in total. The van der Waals surface area contributed by atoms with Crippen molar-refractivity contribution < 1.29 is 14.7 Å². The van der Waals surface area contributed by atoms with Gasteiger partial charge in [-0.2, -0.15) is 0 Å². The smallest absolute Gasteiger partial charge is 0.233 e. The number of fused-ring (bicyclic) bond motifs is 1. The summed E-state index contributed by atoms with van der Waals surface area (Å²) in [6.45, 7) is 2.13. The summed E-state index contributed by atoms with van der Waals surface area (Å²) >= 11 is 0. The van der Waals surface area contributed by atoms with Crippen molar-refractivity contribution in [1.82, 2.24) is 4.90 Å². The molecule has 0 radical (unpaired) electrons. The summed E-state index contributed by atoms with van der Waals surface area (Å²) in [4.78, 5) is 26.4. The minimum Gasteiger partial charge on any atom is -0.391 e. The van der Waals surface area contributed by atoms with Crippen molar-refractivity contribution in [2.75, 3.05) is 0 Å². The summed E-state index contributed by atoms with van der Waals surface area (Å²) in [6, 6.07) is -0.251. The Kier molecular flexibility index (Phi) is 3.37. The lowest BCUT2D eigenvalue weighted by Gasteiger charge is -2.34. The quantitative estimate of drug-likeness (QED) is 0.773. The van der Waals surface area contributed by atoms with Gasteiger partial charge in [0.15, 0.2) is 0 Å². The fourth-order valence-corrected chi connectivity index (χ4v) is 4.21. The second-order valence-electron chi connectivity index (χ2n) is 6.42. The predicted molar refractivity (Wildman–Crippen MR) is 70.1 cm³/mol.